The second kappa shape index (κ2) is 10.1. The number of nitrogens with one attached hydrogen (secondary N) is 3. The van der Waals surface area contributed by atoms with Crippen LogP contribution in [0.4, 0.5) is 4.39 Å². The maximum absolute atomic E-state index is 13.6. The van der Waals surface area contributed by atoms with Gasteiger partial charge in [0.25, 0.3) is 5.91 Å². The van der Waals surface area contributed by atoms with Gasteiger partial charge in [0.1, 0.15) is 5.82 Å². The Morgan fingerprint density at radius 1 is 1.23 bits per heavy atom. The van der Waals surface area contributed by atoms with Gasteiger partial charge >= 0.3 is 0 Å². The van der Waals surface area contributed by atoms with Crippen molar-refractivity contribution in [2.24, 2.45) is 0 Å². The molecule has 35 heavy (non-hydrogen) atoms. The first kappa shape index (κ1) is 23.4. The van der Waals surface area contributed by atoms with Crippen molar-refractivity contribution in [3.8, 4) is 0 Å². The van der Waals surface area contributed by atoms with Gasteiger partial charge < -0.3 is 9.97 Å². The van der Waals surface area contributed by atoms with Crippen LogP contribution < -0.4 is 5.48 Å². The molecular formula is C27H26ClFN4O2. The number of aryl methyl sites for hydroxylation is 1. The molecular weight excluding hydrogens is 467 g/mol. The molecule has 1 aliphatic rings. The molecule has 0 saturated heterocycles. The molecule has 2 aromatic heterocycles. The summed E-state index contributed by atoms with van der Waals surface area (Å²) in [6.45, 7) is 1.49. The second-order valence-electron chi connectivity index (χ2n) is 8.85. The molecule has 8 heteroatoms. The van der Waals surface area contributed by atoms with E-state index >= 15 is 0 Å². The molecule has 5 rings (SSSR count). The van der Waals surface area contributed by atoms with Gasteiger partial charge in [0, 0.05) is 54.2 Å². The number of H-pyrrole nitrogens is 2. The van der Waals surface area contributed by atoms with Crippen molar-refractivity contribution in [2.75, 3.05) is 6.54 Å². The van der Waals surface area contributed by atoms with Crippen molar-refractivity contribution in [3.63, 3.8) is 0 Å². The van der Waals surface area contributed by atoms with E-state index in [1.807, 2.05) is 30.6 Å². The van der Waals surface area contributed by atoms with Crippen molar-refractivity contribution in [1.29, 1.82) is 0 Å². The van der Waals surface area contributed by atoms with Crippen LogP contribution in [0.2, 0.25) is 5.02 Å². The third kappa shape index (κ3) is 5.03. The Morgan fingerprint density at radius 3 is 2.91 bits per heavy atom. The Kier molecular flexibility index (Phi) is 6.72. The number of aromatic nitrogens is 2. The highest BCUT2D eigenvalue weighted by Gasteiger charge is 2.29. The number of halogens is 2. The van der Waals surface area contributed by atoms with E-state index in [1.54, 1.807) is 11.6 Å². The predicted octanol–water partition coefficient (Wildman–Crippen LogP) is 5.54. The average molecular weight is 493 g/mol. The molecule has 2 heterocycles. The maximum atomic E-state index is 13.6. The number of amides is 1. The van der Waals surface area contributed by atoms with Gasteiger partial charge in [0.15, 0.2) is 0 Å². The van der Waals surface area contributed by atoms with Crippen molar-refractivity contribution >= 4 is 34.5 Å². The van der Waals surface area contributed by atoms with Gasteiger partial charge in [-0.2, -0.15) is 0 Å². The minimum Gasteiger partial charge on any atom is -0.363 e. The number of hydrogen-bond donors (Lipinski definition) is 4. The summed E-state index contributed by atoms with van der Waals surface area (Å²) in [5.74, 6) is -0.805. The standard InChI is InChI=1S/C27H26ClFN4O2/c28-23-9-11-30-25(23)16-33(12-10-19-15-31-24-14-20(29)4-6-21(19)24)26-7-3-18-13-17(1-5-22(18)26)2-8-27(34)32-35/h1-2,4-6,8-9,11,13-15,26,30-31,35H,3,7,10,12,16H2,(H,32,34). The molecule has 4 N–H and O–H groups in total. The number of aromatic amines is 2. The monoisotopic (exact) mass is 492 g/mol. The lowest BCUT2D eigenvalue weighted by Crippen LogP contribution is -2.29. The van der Waals surface area contributed by atoms with Crippen LogP contribution in [0, 0.1) is 5.82 Å². The van der Waals surface area contributed by atoms with E-state index in [-0.39, 0.29) is 11.9 Å². The Bertz CT molecular complexity index is 1390. The van der Waals surface area contributed by atoms with Crippen LogP contribution in [-0.4, -0.2) is 32.5 Å². The molecule has 1 unspecified atom stereocenters. The molecule has 0 bridgehead atoms. The molecule has 0 fully saturated rings. The van der Waals surface area contributed by atoms with E-state index < -0.39 is 5.91 Å². The topological polar surface area (TPSA) is 84.2 Å². The minimum absolute atomic E-state index is 0.228. The molecule has 0 aliphatic heterocycles. The Morgan fingerprint density at radius 2 is 2.11 bits per heavy atom. The zero-order valence-corrected chi connectivity index (χ0v) is 19.8. The zero-order chi connectivity index (χ0) is 24.4. The molecule has 4 aromatic rings. The summed E-state index contributed by atoms with van der Waals surface area (Å²) in [6, 6.07) is 13.2. The van der Waals surface area contributed by atoms with Crippen LogP contribution in [0.15, 0.2) is 60.9 Å². The quantitative estimate of drug-likeness (QED) is 0.148. The first-order valence-corrected chi connectivity index (χ1v) is 12.0. The van der Waals surface area contributed by atoms with E-state index in [0.717, 1.165) is 58.6 Å². The summed E-state index contributed by atoms with van der Waals surface area (Å²) in [6.07, 6.45) is 9.55. The van der Waals surface area contributed by atoms with Gasteiger partial charge in [-0.05, 0) is 71.9 Å². The van der Waals surface area contributed by atoms with Crippen LogP contribution in [0.3, 0.4) is 0 Å². The lowest BCUT2D eigenvalue weighted by Gasteiger charge is -2.29. The van der Waals surface area contributed by atoms with Crippen LogP contribution in [0.1, 0.15) is 40.4 Å². The summed E-state index contributed by atoms with van der Waals surface area (Å²) in [5.41, 5.74) is 8.00. The smallest absolute Gasteiger partial charge is 0.267 e. The molecule has 180 valence electrons. The van der Waals surface area contributed by atoms with Gasteiger partial charge in [-0.3, -0.25) is 14.9 Å². The first-order chi connectivity index (χ1) is 17.0. The Hall–Kier alpha value is -3.39. The predicted molar refractivity (Wildman–Crippen MR) is 135 cm³/mol. The molecule has 1 amide bonds. The summed E-state index contributed by atoms with van der Waals surface area (Å²) in [4.78, 5) is 20.2. The number of carbonyl (C=O) groups is 1. The lowest BCUT2D eigenvalue weighted by molar-refractivity contribution is -0.124. The molecule has 0 saturated carbocycles. The number of benzene rings is 2. The number of hydroxylamine groups is 1. The average Bonchev–Trinajstić information content (AvgIpc) is 3.58. The Balaban J connectivity index is 1.39. The summed E-state index contributed by atoms with van der Waals surface area (Å²) < 4.78 is 13.6. The number of fused-ring (bicyclic) bond motifs is 2. The van der Waals surface area contributed by atoms with Crippen LogP contribution in [0.5, 0.6) is 0 Å². The Labute approximate surface area is 207 Å². The van der Waals surface area contributed by atoms with E-state index in [2.05, 4.69) is 27.0 Å². The number of nitrogens with zero attached hydrogens (tertiary/aromatic N) is 1. The fraction of sp³-hybridized carbons (Fsp3) is 0.222. The normalized spacial score (nSPS) is 15.4. The molecule has 1 atom stereocenters. The van der Waals surface area contributed by atoms with Gasteiger partial charge in [-0.15, -0.1) is 0 Å². The SMILES string of the molecule is O=C(C=Cc1ccc2c(c1)CCC2N(CCc1c[nH]c2cc(F)ccc12)Cc1[nH]ccc1Cl)NO. The van der Waals surface area contributed by atoms with Gasteiger partial charge in [-0.25, -0.2) is 9.87 Å². The highest BCUT2D eigenvalue weighted by Crippen LogP contribution is 2.38. The fourth-order valence-corrected chi connectivity index (χ4v) is 5.17. The van der Waals surface area contributed by atoms with E-state index in [0.29, 0.717) is 6.54 Å². The summed E-state index contributed by atoms with van der Waals surface area (Å²) >= 11 is 6.42. The van der Waals surface area contributed by atoms with Gasteiger partial charge in [0.2, 0.25) is 0 Å². The van der Waals surface area contributed by atoms with Gasteiger partial charge in [0.05, 0.1) is 5.02 Å². The molecule has 0 radical (unpaired) electrons. The first-order valence-electron chi connectivity index (χ1n) is 11.6. The minimum atomic E-state index is -0.558. The zero-order valence-electron chi connectivity index (χ0n) is 19.0. The number of carbonyl (C=O) groups excluding carboxylic acids is 1. The highest BCUT2D eigenvalue weighted by molar-refractivity contribution is 6.31. The van der Waals surface area contributed by atoms with Crippen LogP contribution >= 0.6 is 11.6 Å². The molecule has 2 aromatic carbocycles. The lowest BCUT2D eigenvalue weighted by atomic mass is 10.0. The van der Waals surface area contributed by atoms with Crippen LogP contribution in [-0.2, 0) is 24.2 Å². The third-order valence-corrected chi connectivity index (χ3v) is 7.08. The maximum Gasteiger partial charge on any atom is 0.267 e. The van der Waals surface area contributed by atoms with Crippen molar-refractivity contribution in [1.82, 2.24) is 20.3 Å². The molecule has 1 aliphatic carbocycles. The van der Waals surface area contributed by atoms with E-state index in [1.165, 1.54) is 29.3 Å². The summed E-state index contributed by atoms with van der Waals surface area (Å²) in [7, 11) is 0. The number of hydrogen-bond acceptors (Lipinski definition) is 3. The summed E-state index contributed by atoms with van der Waals surface area (Å²) in [5, 5.41) is 10.5. The van der Waals surface area contributed by atoms with E-state index in [9.17, 15) is 9.18 Å². The number of rotatable bonds is 8. The highest BCUT2D eigenvalue weighted by atomic mass is 35.5. The fourth-order valence-electron chi connectivity index (χ4n) is 4.99. The van der Waals surface area contributed by atoms with Crippen LogP contribution in [0.25, 0.3) is 17.0 Å². The van der Waals surface area contributed by atoms with E-state index in [4.69, 9.17) is 16.8 Å². The third-order valence-electron chi connectivity index (χ3n) is 6.73. The molecule has 6 nitrogen and oxygen atoms in total. The van der Waals surface area contributed by atoms with Crippen molar-refractivity contribution in [2.45, 2.75) is 31.8 Å². The second-order valence-corrected chi connectivity index (χ2v) is 9.26. The van der Waals surface area contributed by atoms with Gasteiger partial charge in [-0.1, -0.05) is 29.8 Å². The largest absolute Gasteiger partial charge is 0.363 e. The van der Waals surface area contributed by atoms with Crippen molar-refractivity contribution < 1.29 is 14.4 Å². The van der Waals surface area contributed by atoms with Crippen molar-refractivity contribution in [3.05, 3.63) is 99.7 Å². The molecule has 0 spiro atoms.